The summed E-state index contributed by atoms with van der Waals surface area (Å²) in [5, 5.41) is 9.27. The first-order valence-corrected chi connectivity index (χ1v) is 6.93. The molecular formula is C12H18N4S. The average molecular weight is 250 g/mol. The molecule has 0 aliphatic carbocycles. The van der Waals surface area contributed by atoms with Crippen molar-refractivity contribution in [1.82, 2.24) is 15.2 Å². The van der Waals surface area contributed by atoms with Crippen molar-refractivity contribution in [2.24, 2.45) is 5.73 Å². The first-order valence-electron chi connectivity index (χ1n) is 6.05. The van der Waals surface area contributed by atoms with E-state index < -0.39 is 0 Å². The van der Waals surface area contributed by atoms with Gasteiger partial charge in [-0.2, -0.15) is 5.10 Å². The number of rotatable bonds is 7. The molecule has 0 saturated heterocycles. The van der Waals surface area contributed by atoms with E-state index in [1.807, 2.05) is 17.5 Å². The molecule has 0 amide bonds. The molecule has 2 rings (SSSR count). The van der Waals surface area contributed by atoms with Crippen molar-refractivity contribution in [2.45, 2.75) is 32.1 Å². The smallest absolute Gasteiger partial charge is 0.191 e. The maximum Gasteiger partial charge on any atom is 0.191 e. The van der Waals surface area contributed by atoms with E-state index in [1.165, 1.54) is 12.8 Å². The van der Waals surface area contributed by atoms with Gasteiger partial charge in [0, 0.05) is 6.42 Å². The van der Waals surface area contributed by atoms with Crippen LogP contribution in [0.5, 0.6) is 0 Å². The Labute approximate surface area is 105 Å². The highest BCUT2D eigenvalue weighted by Gasteiger charge is 2.05. The first kappa shape index (κ1) is 12.3. The van der Waals surface area contributed by atoms with Gasteiger partial charge in [0.25, 0.3) is 0 Å². The number of aromatic nitrogens is 3. The summed E-state index contributed by atoms with van der Waals surface area (Å²) < 4.78 is 0. The van der Waals surface area contributed by atoms with Crippen LogP contribution < -0.4 is 5.73 Å². The predicted octanol–water partition coefficient (Wildman–Crippen LogP) is 2.59. The lowest BCUT2D eigenvalue weighted by atomic mass is 10.1. The molecule has 0 atom stereocenters. The zero-order chi connectivity index (χ0) is 11.9. The lowest BCUT2D eigenvalue weighted by Crippen LogP contribution is -1.98. The topological polar surface area (TPSA) is 67.6 Å². The van der Waals surface area contributed by atoms with Crippen molar-refractivity contribution in [1.29, 1.82) is 0 Å². The molecule has 0 unspecified atom stereocenters. The fourth-order valence-corrected chi connectivity index (χ4v) is 2.37. The number of nitrogens with zero attached hydrogens (tertiary/aromatic N) is 2. The number of H-pyrrole nitrogens is 1. The molecule has 0 aromatic carbocycles. The molecule has 0 saturated carbocycles. The minimum atomic E-state index is 0.796. The van der Waals surface area contributed by atoms with E-state index in [0.717, 1.165) is 42.3 Å². The molecule has 0 aliphatic heterocycles. The molecule has 5 heteroatoms. The van der Waals surface area contributed by atoms with E-state index in [0.29, 0.717) is 0 Å². The van der Waals surface area contributed by atoms with Crippen LogP contribution in [-0.2, 0) is 6.42 Å². The predicted molar refractivity (Wildman–Crippen MR) is 70.9 cm³/mol. The van der Waals surface area contributed by atoms with Gasteiger partial charge in [-0.25, -0.2) is 4.98 Å². The molecule has 0 aliphatic rings. The molecule has 0 fully saturated rings. The van der Waals surface area contributed by atoms with Crippen molar-refractivity contribution in [2.75, 3.05) is 6.54 Å². The third-order valence-electron chi connectivity index (χ3n) is 2.64. The Hall–Kier alpha value is -1.20. The van der Waals surface area contributed by atoms with E-state index >= 15 is 0 Å². The summed E-state index contributed by atoms with van der Waals surface area (Å²) in [4.78, 5) is 5.61. The second kappa shape index (κ2) is 6.51. The summed E-state index contributed by atoms with van der Waals surface area (Å²) in [7, 11) is 0. The van der Waals surface area contributed by atoms with Crippen molar-refractivity contribution >= 4 is 11.3 Å². The van der Waals surface area contributed by atoms with Crippen LogP contribution in [0.2, 0.25) is 0 Å². The summed E-state index contributed by atoms with van der Waals surface area (Å²) in [6.07, 6.45) is 5.67. The number of thiophene rings is 1. The summed E-state index contributed by atoms with van der Waals surface area (Å²) >= 11 is 1.67. The van der Waals surface area contributed by atoms with Crippen LogP contribution in [-0.4, -0.2) is 21.7 Å². The number of nitrogens with two attached hydrogens (primary N) is 1. The fourth-order valence-electron chi connectivity index (χ4n) is 1.71. The third kappa shape index (κ3) is 3.64. The van der Waals surface area contributed by atoms with Crippen LogP contribution in [0.1, 0.15) is 31.5 Å². The number of hydrogen-bond acceptors (Lipinski definition) is 4. The fraction of sp³-hybridized carbons (Fsp3) is 0.500. The minimum Gasteiger partial charge on any atom is -0.330 e. The van der Waals surface area contributed by atoms with Crippen molar-refractivity contribution < 1.29 is 0 Å². The van der Waals surface area contributed by atoms with Gasteiger partial charge in [0.1, 0.15) is 5.82 Å². The number of nitrogens with one attached hydrogen (secondary N) is 1. The first-order chi connectivity index (χ1) is 8.40. The van der Waals surface area contributed by atoms with Crippen LogP contribution in [0.4, 0.5) is 0 Å². The summed E-state index contributed by atoms with van der Waals surface area (Å²) in [5.41, 5.74) is 5.45. The van der Waals surface area contributed by atoms with Crippen LogP contribution in [0.15, 0.2) is 17.5 Å². The SMILES string of the molecule is NCCCCCCc1nc(-c2cccs2)n[nH]1. The van der Waals surface area contributed by atoms with Crippen LogP contribution in [0.3, 0.4) is 0 Å². The van der Waals surface area contributed by atoms with Gasteiger partial charge in [0.05, 0.1) is 4.88 Å². The largest absolute Gasteiger partial charge is 0.330 e. The standard InChI is InChI=1S/C12H18N4S/c13-8-4-2-1-3-7-11-14-12(16-15-11)10-6-5-9-17-10/h5-6,9H,1-4,7-8,13H2,(H,14,15,16). The van der Waals surface area contributed by atoms with E-state index in [4.69, 9.17) is 5.73 Å². The van der Waals surface area contributed by atoms with Crippen LogP contribution in [0, 0.1) is 0 Å². The van der Waals surface area contributed by atoms with E-state index in [-0.39, 0.29) is 0 Å². The van der Waals surface area contributed by atoms with Gasteiger partial charge in [-0.05, 0) is 30.8 Å². The van der Waals surface area contributed by atoms with Crippen molar-refractivity contribution in [3.8, 4) is 10.7 Å². The zero-order valence-corrected chi connectivity index (χ0v) is 10.7. The molecule has 0 bridgehead atoms. The maximum absolute atomic E-state index is 5.45. The second-order valence-electron chi connectivity index (χ2n) is 4.04. The molecule has 17 heavy (non-hydrogen) atoms. The monoisotopic (exact) mass is 250 g/mol. The van der Waals surface area contributed by atoms with Crippen molar-refractivity contribution in [3.05, 3.63) is 23.3 Å². The Morgan fingerprint density at radius 3 is 2.88 bits per heavy atom. The maximum atomic E-state index is 5.45. The highest BCUT2D eigenvalue weighted by molar-refractivity contribution is 7.13. The minimum absolute atomic E-state index is 0.796. The average Bonchev–Trinajstić information content (AvgIpc) is 2.99. The van der Waals surface area contributed by atoms with E-state index in [1.54, 1.807) is 11.3 Å². The quantitative estimate of drug-likeness (QED) is 0.742. The molecule has 2 aromatic heterocycles. The highest BCUT2D eigenvalue weighted by Crippen LogP contribution is 2.20. The molecule has 92 valence electrons. The number of aryl methyl sites for hydroxylation is 1. The van der Waals surface area contributed by atoms with Crippen LogP contribution >= 0.6 is 11.3 Å². The Morgan fingerprint density at radius 2 is 2.12 bits per heavy atom. The van der Waals surface area contributed by atoms with Crippen molar-refractivity contribution in [3.63, 3.8) is 0 Å². The molecule has 2 aromatic rings. The number of unbranched alkanes of at least 4 members (excludes halogenated alkanes) is 3. The van der Waals surface area contributed by atoms with Gasteiger partial charge in [0.15, 0.2) is 5.82 Å². The molecular weight excluding hydrogens is 232 g/mol. The van der Waals surface area contributed by atoms with Gasteiger partial charge in [-0.15, -0.1) is 11.3 Å². The number of aromatic amines is 1. The molecule has 0 radical (unpaired) electrons. The van der Waals surface area contributed by atoms with Gasteiger partial charge in [-0.1, -0.05) is 18.9 Å². The van der Waals surface area contributed by atoms with Gasteiger partial charge < -0.3 is 5.73 Å². The van der Waals surface area contributed by atoms with Crippen LogP contribution in [0.25, 0.3) is 10.7 Å². The second-order valence-corrected chi connectivity index (χ2v) is 4.98. The van der Waals surface area contributed by atoms with E-state index in [9.17, 15) is 0 Å². The Bertz CT molecular complexity index is 421. The Kier molecular flexibility index (Phi) is 4.70. The summed E-state index contributed by atoms with van der Waals surface area (Å²) in [5.74, 6) is 1.80. The zero-order valence-electron chi connectivity index (χ0n) is 9.85. The highest BCUT2D eigenvalue weighted by atomic mass is 32.1. The summed E-state index contributed by atoms with van der Waals surface area (Å²) in [6, 6.07) is 4.06. The Morgan fingerprint density at radius 1 is 1.24 bits per heavy atom. The van der Waals surface area contributed by atoms with Gasteiger partial charge >= 0.3 is 0 Å². The third-order valence-corrected chi connectivity index (χ3v) is 3.51. The molecule has 4 nitrogen and oxygen atoms in total. The van der Waals surface area contributed by atoms with Gasteiger partial charge in [0.2, 0.25) is 0 Å². The lowest BCUT2D eigenvalue weighted by Gasteiger charge is -1.97. The molecule has 3 N–H and O–H groups in total. The normalized spacial score (nSPS) is 10.9. The van der Waals surface area contributed by atoms with E-state index in [2.05, 4.69) is 15.2 Å². The Balaban J connectivity index is 1.79. The molecule has 0 spiro atoms. The lowest BCUT2D eigenvalue weighted by molar-refractivity contribution is 0.636. The summed E-state index contributed by atoms with van der Waals surface area (Å²) in [6.45, 7) is 0.796. The van der Waals surface area contributed by atoms with Gasteiger partial charge in [-0.3, -0.25) is 5.10 Å². The molecule has 2 heterocycles. The number of hydrogen-bond donors (Lipinski definition) is 2.